The summed E-state index contributed by atoms with van der Waals surface area (Å²) in [5.74, 6) is -0.0212. The summed E-state index contributed by atoms with van der Waals surface area (Å²) in [5.41, 5.74) is 2.09. The highest BCUT2D eigenvalue weighted by Gasteiger charge is 2.09. The molecule has 0 aliphatic heterocycles. The van der Waals surface area contributed by atoms with E-state index in [4.69, 9.17) is 0 Å². The van der Waals surface area contributed by atoms with E-state index in [1.165, 1.54) is 5.56 Å². The van der Waals surface area contributed by atoms with E-state index in [1.807, 2.05) is 53.4 Å². The van der Waals surface area contributed by atoms with Gasteiger partial charge in [0.05, 0.1) is 0 Å². The van der Waals surface area contributed by atoms with Crippen LogP contribution in [-0.2, 0) is 17.9 Å². The first-order chi connectivity index (χ1) is 9.92. The summed E-state index contributed by atoms with van der Waals surface area (Å²) in [6, 6.07) is 11.5. The number of hydrogen-bond acceptors (Lipinski definition) is 2. The Morgan fingerprint density at radius 2 is 1.86 bits per heavy atom. The van der Waals surface area contributed by atoms with Gasteiger partial charge in [-0.3, -0.25) is 4.79 Å². The van der Waals surface area contributed by atoms with Crippen molar-refractivity contribution in [2.45, 2.75) is 39.4 Å². The highest BCUT2D eigenvalue weighted by Crippen LogP contribution is 2.07. The molecule has 1 aromatic heterocycles. The van der Waals surface area contributed by atoms with Crippen LogP contribution in [0.1, 0.15) is 26.3 Å². The molecule has 112 valence electrons. The van der Waals surface area contributed by atoms with E-state index < -0.39 is 0 Å². The summed E-state index contributed by atoms with van der Waals surface area (Å²) in [4.78, 5) is 12.0. The molecule has 1 amide bonds. The van der Waals surface area contributed by atoms with E-state index in [0.29, 0.717) is 6.54 Å². The summed E-state index contributed by atoms with van der Waals surface area (Å²) >= 11 is 0. The zero-order valence-electron chi connectivity index (χ0n) is 12.9. The molecule has 0 bridgehead atoms. The van der Waals surface area contributed by atoms with Gasteiger partial charge in [0.1, 0.15) is 6.54 Å². The van der Waals surface area contributed by atoms with Crippen LogP contribution in [0.4, 0.5) is 5.69 Å². The SMILES string of the molecule is CC(C)(C)NCc1ccn(CC(=O)Nc2ccccc2)c1. The van der Waals surface area contributed by atoms with Gasteiger partial charge in [-0.05, 0) is 44.5 Å². The number of benzene rings is 1. The number of para-hydroxylation sites is 1. The van der Waals surface area contributed by atoms with Gasteiger partial charge in [0.25, 0.3) is 0 Å². The Morgan fingerprint density at radius 3 is 2.52 bits per heavy atom. The fourth-order valence-corrected chi connectivity index (χ4v) is 1.95. The average Bonchev–Trinajstić information content (AvgIpc) is 2.84. The minimum atomic E-state index is -0.0212. The number of hydrogen-bond donors (Lipinski definition) is 2. The lowest BCUT2D eigenvalue weighted by Gasteiger charge is -2.19. The molecule has 0 aliphatic rings. The monoisotopic (exact) mass is 285 g/mol. The normalized spacial score (nSPS) is 11.4. The number of nitrogens with one attached hydrogen (secondary N) is 2. The summed E-state index contributed by atoms with van der Waals surface area (Å²) in [7, 11) is 0. The third-order valence-electron chi connectivity index (χ3n) is 3.02. The summed E-state index contributed by atoms with van der Waals surface area (Å²) in [5, 5.41) is 6.31. The number of nitrogens with zero attached hydrogens (tertiary/aromatic N) is 1. The van der Waals surface area contributed by atoms with Gasteiger partial charge in [-0.1, -0.05) is 18.2 Å². The Labute approximate surface area is 126 Å². The Kier molecular flexibility index (Phi) is 4.81. The second-order valence-electron chi connectivity index (χ2n) is 6.21. The van der Waals surface area contributed by atoms with Crippen LogP contribution in [0.15, 0.2) is 48.8 Å². The first-order valence-corrected chi connectivity index (χ1v) is 7.17. The molecule has 0 aliphatic carbocycles. The largest absolute Gasteiger partial charge is 0.345 e. The molecule has 4 heteroatoms. The molecule has 2 rings (SSSR count). The molecule has 21 heavy (non-hydrogen) atoms. The van der Waals surface area contributed by atoms with E-state index in [9.17, 15) is 4.79 Å². The zero-order chi connectivity index (χ0) is 15.3. The maximum atomic E-state index is 12.0. The summed E-state index contributed by atoms with van der Waals surface area (Å²) < 4.78 is 1.90. The predicted molar refractivity (Wildman–Crippen MR) is 86.1 cm³/mol. The topological polar surface area (TPSA) is 46.1 Å². The van der Waals surface area contributed by atoms with Crippen LogP contribution in [0.3, 0.4) is 0 Å². The van der Waals surface area contributed by atoms with E-state index in [1.54, 1.807) is 0 Å². The van der Waals surface area contributed by atoms with Crippen molar-refractivity contribution in [1.82, 2.24) is 9.88 Å². The molecule has 0 saturated carbocycles. The van der Waals surface area contributed by atoms with Crippen LogP contribution >= 0.6 is 0 Å². The van der Waals surface area contributed by atoms with E-state index in [0.717, 1.165) is 12.2 Å². The molecule has 0 radical (unpaired) electrons. The molecule has 4 nitrogen and oxygen atoms in total. The Hall–Kier alpha value is -2.07. The van der Waals surface area contributed by atoms with Crippen molar-refractivity contribution in [3.63, 3.8) is 0 Å². The van der Waals surface area contributed by atoms with Crippen LogP contribution < -0.4 is 10.6 Å². The van der Waals surface area contributed by atoms with Crippen LogP contribution in [0.2, 0.25) is 0 Å². The smallest absolute Gasteiger partial charge is 0.244 e. The van der Waals surface area contributed by atoms with Crippen LogP contribution in [-0.4, -0.2) is 16.0 Å². The molecule has 1 aromatic carbocycles. The van der Waals surface area contributed by atoms with Crippen molar-refractivity contribution in [3.8, 4) is 0 Å². The predicted octanol–water partition coefficient (Wildman–Crippen LogP) is 3.01. The molecule has 2 N–H and O–H groups in total. The fourth-order valence-electron chi connectivity index (χ4n) is 1.95. The Balaban J connectivity index is 1.86. The van der Waals surface area contributed by atoms with Crippen molar-refractivity contribution >= 4 is 11.6 Å². The average molecular weight is 285 g/mol. The van der Waals surface area contributed by atoms with Crippen molar-refractivity contribution in [1.29, 1.82) is 0 Å². The van der Waals surface area contributed by atoms with Gasteiger partial charge < -0.3 is 15.2 Å². The van der Waals surface area contributed by atoms with Gasteiger partial charge in [0.15, 0.2) is 0 Å². The van der Waals surface area contributed by atoms with Crippen LogP contribution in [0.25, 0.3) is 0 Å². The molecule has 0 unspecified atom stereocenters. The number of aromatic nitrogens is 1. The van der Waals surface area contributed by atoms with Crippen molar-refractivity contribution in [3.05, 3.63) is 54.4 Å². The molecule has 2 aromatic rings. The molecular formula is C17H23N3O. The number of carbonyl (C=O) groups excluding carboxylic acids is 1. The van der Waals surface area contributed by atoms with Crippen LogP contribution in [0.5, 0.6) is 0 Å². The van der Waals surface area contributed by atoms with Crippen molar-refractivity contribution in [2.75, 3.05) is 5.32 Å². The highest BCUT2D eigenvalue weighted by molar-refractivity contribution is 5.90. The molecule has 0 saturated heterocycles. The third kappa shape index (κ3) is 5.44. The van der Waals surface area contributed by atoms with Crippen molar-refractivity contribution < 1.29 is 4.79 Å². The van der Waals surface area contributed by atoms with Crippen LogP contribution in [0, 0.1) is 0 Å². The standard InChI is InChI=1S/C17H23N3O/c1-17(2,3)18-11-14-9-10-20(12-14)13-16(21)19-15-7-5-4-6-8-15/h4-10,12,18H,11,13H2,1-3H3,(H,19,21). The summed E-state index contributed by atoms with van der Waals surface area (Å²) in [6.07, 6.45) is 3.94. The zero-order valence-corrected chi connectivity index (χ0v) is 12.9. The lowest BCUT2D eigenvalue weighted by molar-refractivity contribution is -0.116. The van der Waals surface area contributed by atoms with Gasteiger partial charge in [-0.15, -0.1) is 0 Å². The van der Waals surface area contributed by atoms with E-state index in [-0.39, 0.29) is 11.4 Å². The Bertz CT molecular complexity index is 582. The van der Waals surface area contributed by atoms with Crippen molar-refractivity contribution in [2.24, 2.45) is 0 Å². The Morgan fingerprint density at radius 1 is 1.14 bits per heavy atom. The maximum absolute atomic E-state index is 12.0. The minimum Gasteiger partial charge on any atom is -0.345 e. The second-order valence-corrected chi connectivity index (χ2v) is 6.21. The number of rotatable bonds is 5. The highest BCUT2D eigenvalue weighted by atomic mass is 16.1. The first kappa shape index (κ1) is 15.3. The number of amides is 1. The van der Waals surface area contributed by atoms with Gasteiger partial charge in [0, 0.05) is 30.2 Å². The van der Waals surface area contributed by atoms with E-state index >= 15 is 0 Å². The number of anilines is 1. The molecule has 0 spiro atoms. The quantitative estimate of drug-likeness (QED) is 0.887. The van der Waals surface area contributed by atoms with Gasteiger partial charge in [0.2, 0.25) is 5.91 Å². The summed E-state index contributed by atoms with van der Waals surface area (Å²) in [6.45, 7) is 7.53. The lowest BCUT2D eigenvalue weighted by Crippen LogP contribution is -2.34. The third-order valence-corrected chi connectivity index (χ3v) is 3.02. The molecular weight excluding hydrogens is 262 g/mol. The molecule has 0 atom stereocenters. The second kappa shape index (κ2) is 6.59. The maximum Gasteiger partial charge on any atom is 0.244 e. The van der Waals surface area contributed by atoms with Gasteiger partial charge >= 0.3 is 0 Å². The lowest BCUT2D eigenvalue weighted by atomic mass is 10.1. The minimum absolute atomic E-state index is 0.0212. The molecule has 0 fully saturated rings. The van der Waals surface area contributed by atoms with Gasteiger partial charge in [-0.2, -0.15) is 0 Å². The number of carbonyl (C=O) groups is 1. The van der Waals surface area contributed by atoms with E-state index in [2.05, 4.69) is 31.4 Å². The first-order valence-electron chi connectivity index (χ1n) is 7.17. The molecule has 1 heterocycles. The van der Waals surface area contributed by atoms with Gasteiger partial charge in [-0.25, -0.2) is 0 Å². The fraction of sp³-hybridized carbons (Fsp3) is 0.353.